The summed E-state index contributed by atoms with van der Waals surface area (Å²) in [5.41, 5.74) is 1.73. The summed E-state index contributed by atoms with van der Waals surface area (Å²) >= 11 is 6.15. The number of ether oxygens (including phenoxy) is 1. The van der Waals surface area contributed by atoms with E-state index in [1.54, 1.807) is 6.07 Å². The van der Waals surface area contributed by atoms with Crippen molar-refractivity contribution >= 4 is 17.6 Å². The van der Waals surface area contributed by atoms with Crippen molar-refractivity contribution in [1.29, 1.82) is 0 Å². The number of rotatable bonds is 3. The lowest BCUT2D eigenvalue weighted by Gasteiger charge is -2.37. The van der Waals surface area contributed by atoms with Crippen molar-refractivity contribution in [3.8, 4) is 0 Å². The minimum absolute atomic E-state index is 0.182. The fourth-order valence-electron chi connectivity index (χ4n) is 5.28. The van der Waals surface area contributed by atoms with Gasteiger partial charge in [-0.1, -0.05) is 24.1 Å². The summed E-state index contributed by atoms with van der Waals surface area (Å²) in [7, 11) is 0. The maximum atomic E-state index is 11.1. The number of halogens is 1. The van der Waals surface area contributed by atoms with Crippen molar-refractivity contribution in [3.63, 3.8) is 0 Å². The molecule has 4 rings (SSSR count). The van der Waals surface area contributed by atoms with Crippen LogP contribution in [0.5, 0.6) is 0 Å². The Kier molecular flexibility index (Phi) is 4.31. The quantitative estimate of drug-likeness (QED) is 0.901. The molecule has 1 aliphatic carbocycles. The largest absolute Gasteiger partial charge is 0.478 e. The Bertz CT molecular complexity index is 641. The number of carboxylic acids is 1. The third-order valence-electron chi connectivity index (χ3n) is 6.39. The molecule has 5 heteroatoms. The van der Waals surface area contributed by atoms with E-state index in [0.717, 1.165) is 37.8 Å². The van der Waals surface area contributed by atoms with Crippen LogP contribution in [0.4, 0.5) is 0 Å². The predicted molar refractivity (Wildman–Crippen MR) is 92.4 cm³/mol. The normalized spacial score (nSPS) is 29.0. The molecule has 1 aromatic rings. The Balaban J connectivity index is 1.54. The maximum Gasteiger partial charge on any atom is 0.337 e. The van der Waals surface area contributed by atoms with E-state index in [1.165, 1.54) is 32.1 Å². The summed E-state index contributed by atoms with van der Waals surface area (Å²) in [5.74, 6) is -0.167. The van der Waals surface area contributed by atoms with Crippen LogP contribution in [0, 0.1) is 11.3 Å². The first-order chi connectivity index (χ1) is 11.6. The molecule has 2 aliphatic heterocycles. The van der Waals surface area contributed by atoms with Crippen LogP contribution in [0.25, 0.3) is 0 Å². The van der Waals surface area contributed by atoms with Crippen LogP contribution in [0.15, 0.2) is 18.2 Å². The van der Waals surface area contributed by atoms with E-state index < -0.39 is 5.97 Å². The minimum atomic E-state index is -0.968. The summed E-state index contributed by atoms with van der Waals surface area (Å²) in [6.07, 6.45) is 6.33. The molecule has 2 saturated heterocycles. The summed E-state index contributed by atoms with van der Waals surface area (Å²) in [6, 6.07) is 6.03. The lowest BCUT2D eigenvalue weighted by molar-refractivity contribution is -0.00133. The molecule has 1 N–H and O–H groups in total. The van der Waals surface area contributed by atoms with Gasteiger partial charge in [0, 0.05) is 32.3 Å². The smallest absolute Gasteiger partial charge is 0.337 e. The average Bonchev–Trinajstić information content (AvgIpc) is 3.13. The number of fused-ring (bicyclic) bond motifs is 2. The second kappa shape index (κ2) is 6.32. The van der Waals surface area contributed by atoms with Crippen LogP contribution in [-0.2, 0) is 11.3 Å². The number of hydrogen-bond acceptors (Lipinski definition) is 3. The molecule has 4 nitrogen and oxygen atoms in total. The molecule has 0 bridgehead atoms. The van der Waals surface area contributed by atoms with E-state index in [0.29, 0.717) is 16.5 Å². The molecule has 1 saturated carbocycles. The summed E-state index contributed by atoms with van der Waals surface area (Å²) in [5, 5.41) is 9.46. The number of likely N-dealkylation sites (tertiary alicyclic amines) is 1. The molecule has 0 amide bonds. The SMILES string of the molecule is O=C(O)c1ccc(CN2CC3(CCOCC3)[C@@H]3CCC[C@@H]32)cc1Cl. The van der Waals surface area contributed by atoms with E-state index in [4.69, 9.17) is 21.4 Å². The summed E-state index contributed by atoms with van der Waals surface area (Å²) < 4.78 is 5.62. The molecule has 0 unspecified atom stereocenters. The highest BCUT2D eigenvalue weighted by Gasteiger charge is 2.53. The van der Waals surface area contributed by atoms with Gasteiger partial charge in [0.25, 0.3) is 0 Å². The van der Waals surface area contributed by atoms with Crippen molar-refractivity contribution in [2.24, 2.45) is 11.3 Å². The molecular weight excluding hydrogens is 326 g/mol. The van der Waals surface area contributed by atoms with E-state index in [-0.39, 0.29) is 5.56 Å². The van der Waals surface area contributed by atoms with Gasteiger partial charge < -0.3 is 9.84 Å². The number of hydrogen-bond donors (Lipinski definition) is 1. The average molecular weight is 350 g/mol. The molecule has 0 aromatic heterocycles. The lowest BCUT2D eigenvalue weighted by atomic mass is 9.71. The number of benzene rings is 1. The minimum Gasteiger partial charge on any atom is -0.478 e. The number of carboxylic acid groups (broad SMARTS) is 1. The molecule has 1 spiro atoms. The molecule has 3 aliphatic rings. The fourth-order valence-corrected chi connectivity index (χ4v) is 5.56. The zero-order chi connectivity index (χ0) is 16.7. The van der Waals surface area contributed by atoms with E-state index in [2.05, 4.69) is 4.90 Å². The highest BCUT2D eigenvalue weighted by molar-refractivity contribution is 6.33. The van der Waals surface area contributed by atoms with E-state index >= 15 is 0 Å². The molecule has 3 fully saturated rings. The molecule has 2 heterocycles. The van der Waals surface area contributed by atoms with Crippen molar-refractivity contribution in [1.82, 2.24) is 4.90 Å². The first-order valence-electron chi connectivity index (χ1n) is 8.93. The number of aromatic carboxylic acids is 1. The van der Waals surface area contributed by atoms with Crippen molar-refractivity contribution in [2.75, 3.05) is 19.8 Å². The van der Waals surface area contributed by atoms with Gasteiger partial charge in [0.15, 0.2) is 0 Å². The molecular formula is C19H24ClNO3. The summed E-state index contributed by atoms with van der Waals surface area (Å²) in [6.45, 7) is 3.81. The molecule has 130 valence electrons. The monoisotopic (exact) mass is 349 g/mol. The Morgan fingerprint density at radius 1 is 1.33 bits per heavy atom. The van der Waals surface area contributed by atoms with E-state index in [9.17, 15) is 4.79 Å². The Labute approximate surface area is 147 Å². The fraction of sp³-hybridized carbons (Fsp3) is 0.632. The molecule has 24 heavy (non-hydrogen) atoms. The predicted octanol–water partition coefficient (Wildman–Crippen LogP) is 3.82. The number of carbonyl (C=O) groups is 1. The van der Waals surface area contributed by atoms with Crippen LogP contribution in [0.1, 0.15) is 48.0 Å². The summed E-state index contributed by atoms with van der Waals surface area (Å²) in [4.78, 5) is 13.7. The first-order valence-corrected chi connectivity index (χ1v) is 9.30. The van der Waals surface area contributed by atoms with E-state index in [1.807, 2.05) is 12.1 Å². The molecule has 2 atom stereocenters. The van der Waals surface area contributed by atoms with Crippen LogP contribution < -0.4 is 0 Å². The number of nitrogens with zero attached hydrogens (tertiary/aromatic N) is 1. The molecule has 1 aromatic carbocycles. The standard InChI is InChI=1S/C19H24ClNO3/c20-16-10-13(4-5-14(16)18(22)23)11-21-12-19(6-8-24-9-7-19)15-2-1-3-17(15)21/h4-5,10,15,17H,1-3,6-9,11-12H2,(H,22,23)/t15-,17+/m1/s1. The first kappa shape index (κ1) is 16.4. The van der Waals surface area contributed by atoms with Crippen molar-refractivity contribution in [3.05, 3.63) is 34.3 Å². The van der Waals surface area contributed by atoms with Gasteiger partial charge in [0.2, 0.25) is 0 Å². The van der Waals surface area contributed by atoms with Gasteiger partial charge in [-0.2, -0.15) is 0 Å². The van der Waals surface area contributed by atoms with Gasteiger partial charge in [0.05, 0.1) is 10.6 Å². The van der Waals surface area contributed by atoms with Gasteiger partial charge in [-0.3, -0.25) is 4.90 Å². The highest BCUT2D eigenvalue weighted by Crippen LogP contribution is 2.54. The maximum absolute atomic E-state index is 11.1. The van der Waals surface area contributed by atoms with Crippen LogP contribution >= 0.6 is 11.6 Å². The van der Waals surface area contributed by atoms with Crippen LogP contribution in [-0.4, -0.2) is 41.8 Å². The zero-order valence-electron chi connectivity index (χ0n) is 13.8. The Hall–Kier alpha value is -1.10. The van der Waals surface area contributed by atoms with Gasteiger partial charge in [-0.25, -0.2) is 4.79 Å². The van der Waals surface area contributed by atoms with Gasteiger partial charge in [-0.15, -0.1) is 0 Å². The highest BCUT2D eigenvalue weighted by atomic mass is 35.5. The van der Waals surface area contributed by atoms with Crippen LogP contribution in [0.3, 0.4) is 0 Å². The van der Waals surface area contributed by atoms with Crippen molar-refractivity contribution in [2.45, 2.75) is 44.7 Å². The lowest BCUT2D eigenvalue weighted by Crippen LogP contribution is -2.36. The van der Waals surface area contributed by atoms with Crippen LogP contribution in [0.2, 0.25) is 5.02 Å². The Morgan fingerprint density at radius 2 is 2.12 bits per heavy atom. The second-order valence-electron chi connectivity index (χ2n) is 7.60. The van der Waals surface area contributed by atoms with Crippen molar-refractivity contribution < 1.29 is 14.6 Å². The van der Waals surface area contributed by atoms with Gasteiger partial charge in [-0.05, 0) is 54.7 Å². The third kappa shape index (κ3) is 2.75. The zero-order valence-corrected chi connectivity index (χ0v) is 14.6. The van der Waals surface area contributed by atoms with Gasteiger partial charge in [0.1, 0.15) is 0 Å². The molecule has 0 radical (unpaired) electrons. The topological polar surface area (TPSA) is 49.8 Å². The Morgan fingerprint density at radius 3 is 2.83 bits per heavy atom. The third-order valence-corrected chi connectivity index (χ3v) is 6.70. The van der Waals surface area contributed by atoms with Gasteiger partial charge >= 0.3 is 5.97 Å². The second-order valence-corrected chi connectivity index (χ2v) is 8.01.